The van der Waals surface area contributed by atoms with Gasteiger partial charge in [0.25, 0.3) is 0 Å². The molecule has 0 aliphatic heterocycles. The summed E-state index contributed by atoms with van der Waals surface area (Å²) in [6.07, 6.45) is 13.5. The summed E-state index contributed by atoms with van der Waals surface area (Å²) < 4.78 is 0. The van der Waals surface area contributed by atoms with Crippen molar-refractivity contribution in [2.24, 2.45) is 23.2 Å². The summed E-state index contributed by atoms with van der Waals surface area (Å²) in [7, 11) is 0. The second-order valence-corrected chi connectivity index (χ2v) is 6.48. The van der Waals surface area contributed by atoms with Crippen molar-refractivity contribution in [3.63, 3.8) is 0 Å². The summed E-state index contributed by atoms with van der Waals surface area (Å²) in [5, 5.41) is 0. The van der Waals surface area contributed by atoms with Crippen LogP contribution in [0.25, 0.3) is 0 Å². The lowest BCUT2D eigenvalue weighted by molar-refractivity contribution is -0.108. The first kappa shape index (κ1) is 9.86. The minimum Gasteiger partial charge on any atom is -0.303 e. The second kappa shape index (κ2) is 3.61. The predicted octanol–water partition coefficient (Wildman–Crippen LogP) is 3.57. The van der Waals surface area contributed by atoms with E-state index in [1.165, 1.54) is 44.9 Å². The van der Waals surface area contributed by atoms with Gasteiger partial charge in [-0.3, -0.25) is 0 Å². The van der Waals surface area contributed by atoms with E-state index in [4.69, 9.17) is 0 Å². The fraction of sp³-hybridized carbons (Fsp3) is 0.929. The van der Waals surface area contributed by atoms with Gasteiger partial charge in [-0.15, -0.1) is 0 Å². The summed E-state index contributed by atoms with van der Waals surface area (Å²) in [6, 6.07) is 0. The molecule has 0 atom stereocenters. The highest BCUT2D eigenvalue weighted by Crippen LogP contribution is 2.61. The molecule has 0 unspecified atom stereocenters. The van der Waals surface area contributed by atoms with E-state index in [1.54, 1.807) is 0 Å². The molecule has 4 saturated carbocycles. The van der Waals surface area contributed by atoms with Gasteiger partial charge < -0.3 is 4.79 Å². The number of hydrogen-bond donors (Lipinski definition) is 0. The average Bonchev–Trinajstić information content (AvgIpc) is 2.15. The molecule has 0 aromatic heterocycles. The maximum atomic E-state index is 10.4. The number of unbranched alkanes of at least 4 members (excludes halogenated alkanes) is 1. The second-order valence-electron chi connectivity index (χ2n) is 6.48. The van der Waals surface area contributed by atoms with Crippen LogP contribution in [-0.4, -0.2) is 6.29 Å². The lowest BCUT2D eigenvalue weighted by Gasteiger charge is -2.57. The van der Waals surface area contributed by atoms with E-state index < -0.39 is 0 Å². The molecule has 1 heteroatoms. The Bertz CT molecular complexity index is 221. The first-order valence-corrected chi connectivity index (χ1v) is 6.73. The number of hydrogen-bond acceptors (Lipinski definition) is 1. The van der Waals surface area contributed by atoms with Crippen LogP contribution in [-0.2, 0) is 4.79 Å². The summed E-state index contributed by atoms with van der Waals surface area (Å²) in [6.45, 7) is 0. The van der Waals surface area contributed by atoms with Crippen molar-refractivity contribution in [2.45, 2.75) is 57.8 Å². The van der Waals surface area contributed by atoms with Gasteiger partial charge in [0.1, 0.15) is 6.29 Å². The fourth-order valence-electron chi connectivity index (χ4n) is 5.16. The van der Waals surface area contributed by atoms with Gasteiger partial charge in [-0.2, -0.15) is 0 Å². The monoisotopic (exact) mass is 206 g/mol. The summed E-state index contributed by atoms with van der Waals surface area (Å²) >= 11 is 0. The van der Waals surface area contributed by atoms with Gasteiger partial charge in [0.2, 0.25) is 0 Å². The minimum atomic E-state index is 0.692. The molecule has 4 bridgehead atoms. The van der Waals surface area contributed by atoms with E-state index in [0.29, 0.717) is 5.41 Å². The zero-order valence-corrected chi connectivity index (χ0v) is 9.58. The fourth-order valence-corrected chi connectivity index (χ4v) is 5.16. The highest BCUT2D eigenvalue weighted by atomic mass is 16.1. The predicted molar refractivity (Wildman–Crippen MR) is 60.5 cm³/mol. The third kappa shape index (κ3) is 1.74. The lowest BCUT2D eigenvalue weighted by Crippen LogP contribution is -2.45. The zero-order chi connectivity index (χ0) is 10.3. The van der Waals surface area contributed by atoms with Gasteiger partial charge in [0.15, 0.2) is 0 Å². The van der Waals surface area contributed by atoms with Gasteiger partial charge in [0, 0.05) is 6.42 Å². The van der Waals surface area contributed by atoms with E-state index >= 15 is 0 Å². The minimum absolute atomic E-state index is 0.692. The third-order valence-electron chi connectivity index (χ3n) is 5.19. The number of carbonyl (C=O) groups is 1. The highest BCUT2D eigenvalue weighted by molar-refractivity contribution is 5.48. The molecule has 0 radical (unpaired) electrons. The molecule has 4 aliphatic carbocycles. The standard InChI is InChI=1S/C14H22O/c15-4-2-1-3-14-8-11-5-12(9-14)7-13(6-11)10-14/h4,11-13H,1-3,5-10H2. The molecule has 15 heavy (non-hydrogen) atoms. The summed E-state index contributed by atoms with van der Waals surface area (Å²) in [4.78, 5) is 10.4. The molecular weight excluding hydrogens is 184 g/mol. The van der Waals surface area contributed by atoms with Crippen LogP contribution in [0.3, 0.4) is 0 Å². The Morgan fingerprint density at radius 1 is 1.00 bits per heavy atom. The number of aldehydes is 1. The van der Waals surface area contributed by atoms with Gasteiger partial charge in [-0.1, -0.05) is 0 Å². The van der Waals surface area contributed by atoms with Crippen molar-refractivity contribution in [1.82, 2.24) is 0 Å². The molecule has 4 rings (SSSR count). The average molecular weight is 206 g/mol. The van der Waals surface area contributed by atoms with Crippen LogP contribution in [0.2, 0.25) is 0 Å². The zero-order valence-electron chi connectivity index (χ0n) is 9.58. The van der Waals surface area contributed by atoms with Crippen molar-refractivity contribution in [3.05, 3.63) is 0 Å². The summed E-state index contributed by atoms with van der Waals surface area (Å²) in [5.41, 5.74) is 0.692. The first-order valence-electron chi connectivity index (χ1n) is 6.73. The van der Waals surface area contributed by atoms with E-state index in [-0.39, 0.29) is 0 Å². The maximum Gasteiger partial charge on any atom is 0.119 e. The Balaban J connectivity index is 1.67. The van der Waals surface area contributed by atoms with Crippen LogP contribution in [0.5, 0.6) is 0 Å². The normalized spacial score (nSPS) is 47.1. The van der Waals surface area contributed by atoms with Crippen LogP contribution in [0.15, 0.2) is 0 Å². The SMILES string of the molecule is O=CCCCC12CC3CC(CC(C3)C1)C2. The third-order valence-corrected chi connectivity index (χ3v) is 5.19. The van der Waals surface area contributed by atoms with E-state index in [0.717, 1.165) is 36.9 Å². The van der Waals surface area contributed by atoms with E-state index in [2.05, 4.69) is 0 Å². The molecular formula is C14H22O. The van der Waals surface area contributed by atoms with Gasteiger partial charge >= 0.3 is 0 Å². The highest BCUT2D eigenvalue weighted by Gasteiger charge is 2.50. The molecule has 0 N–H and O–H groups in total. The Kier molecular flexibility index (Phi) is 2.37. The topological polar surface area (TPSA) is 17.1 Å². The molecule has 4 aliphatic rings. The van der Waals surface area contributed by atoms with Crippen molar-refractivity contribution in [1.29, 1.82) is 0 Å². The molecule has 0 aromatic carbocycles. The van der Waals surface area contributed by atoms with E-state index in [1.807, 2.05) is 0 Å². The first-order chi connectivity index (χ1) is 7.30. The van der Waals surface area contributed by atoms with E-state index in [9.17, 15) is 4.79 Å². The van der Waals surface area contributed by atoms with Gasteiger partial charge in [-0.05, 0) is 74.5 Å². The van der Waals surface area contributed by atoms with Crippen LogP contribution >= 0.6 is 0 Å². The van der Waals surface area contributed by atoms with Gasteiger partial charge in [-0.25, -0.2) is 0 Å². The van der Waals surface area contributed by atoms with Crippen molar-refractivity contribution >= 4 is 6.29 Å². The molecule has 4 fully saturated rings. The van der Waals surface area contributed by atoms with Gasteiger partial charge in [0.05, 0.1) is 0 Å². The Morgan fingerprint density at radius 3 is 2.00 bits per heavy atom. The smallest absolute Gasteiger partial charge is 0.119 e. The molecule has 84 valence electrons. The number of carbonyl (C=O) groups excluding carboxylic acids is 1. The maximum absolute atomic E-state index is 10.4. The quantitative estimate of drug-likeness (QED) is 0.507. The van der Waals surface area contributed by atoms with Crippen molar-refractivity contribution < 1.29 is 4.79 Å². The Labute approximate surface area is 92.6 Å². The molecule has 0 aromatic rings. The summed E-state index contributed by atoms with van der Waals surface area (Å²) in [5.74, 6) is 3.19. The Morgan fingerprint density at radius 2 is 1.53 bits per heavy atom. The van der Waals surface area contributed by atoms with Crippen LogP contribution < -0.4 is 0 Å². The molecule has 0 amide bonds. The Hall–Kier alpha value is -0.330. The molecule has 0 heterocycles. The molecule has 0 saturated heterocycles. The van der Waals surface area contributed by atoms with Crippen LogP contribution in [0.1, 0.15) is 57.8 Å². The largest absolute Gasteiger partial charge is 0.303 e. The van der Waals surface area contributed by atoms with Crippen LogP contribution in [0.4, 0.5) is 0 Å². The molecule has 0 spiro atoms. The lowest BCUT2D eigenvalue weighted by atomic mass is 9.48. The molecule has 1 nitrogen and oxygen atoms in total. The van der Waals surface area contributed by atoms with Crippen LogP contribution in [0, 0.1) is 23.2 Å². The van der Waals surface area contributed by atoms with Crippen molar-refractivity contribution in [3.8, 4) is 0 Å². The number of rotatable bonds is 4. The van der Waals surface area contributed by atoms with Crippen molar-refractivity contribution in [2.75, 3.05) is 0 Å².